The third-order valence-electron chi connectivity index (χ3n) is 3.27. The van der Waals surface area contributed by atoms with Gasteiger partial charge in [-0.2, -0.15) is 0 Å². The molecule has 0 heterocycles. The van der Waals surface area contributed by atoms with E-state index < -0.39 is 23.6 Å². The number of ketones is 1. The summed E-state index contributed by atoms with van der Waals surface area (Å²) in [6.45, 7) is 7.05. The number of carbonyl (C=O) groups is 3. The first kappa shape index (κ1) is 18.9. The lowest BCUT2D eigenvalue weighted by molar-refractivity contribution is -0.151. The van der Waals surface area contributed by atoms with Crippen LogP contribution < -0.4 is 0 Å². The predicted molar refractivity (Wildman–Crippen MR) is 82.5 cm³/mol. The van der Waals surface area contributed by atoms with E-state index in [4.69, 9.17) is 14.3 Å². The van der Waals surface area contributed by atoms with Gasteiger partial charge in [-0.25, -0.2) is 0 Å². The zero-order valence-electron chi connectivity index (χ0n) is 14.0. The van der Waals surface area contributed by atoms with Gasteiger partial charge in [0.2, 0.25) is 0 Å². The van der Waals surface area contributed by atoms with Crippen molar-refractivity contribution in [2.75, 3.05) is 13.2 Å². The lowest BCUT2D eigenvalue weighted by atomic mass is 9.83. The quantitative estimate of drug-likeness (QED) is 0.308. The molecule has 128 valence electrons. The van der Waals surface area contributed by atoms with Crippen LogP contribution in [0.4, 0.5) is 0 Å². The van der Waals surface area contributed by atoms with Gasteiger partial charge in [0.05, 0.1) is 17.9 Å². The summed E-state index contributed by atoms with van der Waals surface area (Å²) in [6, 6.07) is 0. The zero-order chi connectivity index (χ0) is 17.4. The highest BCUT2D eigenvalue weighted by Crippen LogP contribution is 2.30. The molecule has 23 heavy (non-hydrogen) atoms. The van der Waals surface area contributed by atoms with Crippen molar-refractivity contribution in [1.82, 2.24) is 0 Å². The van der Waals surface area contributed by atoms with Crippen molar-refractivity contribution < 1.29 is 28.7 Å². The van der Waals surface area contributed by atoms with Crippen LogP contribution in [0.2, 0.25) is 0 Å². The van der Waals surface area contributed by atoms with E-state index in [-0.39, 0.29) is 30.8 Å². The maximum atomic E-state index is 12.7. The number of rotatable bonds is 7. The van der Waals surface area contributed by atoms with Crippen molar-refractivity contribution >= 4 is 23.4 Å². The van der Waals surface area contributed by atoms with E-state index in [1.165, 1.54) is 6.92 Å². The molecule has 0 spiro atoms. The molecule has 1 atom stereocenters. The average molecular weight is 325 g/mol. The van der Waals surface area contributed by atoms with Gasteiger partial charge >= 0.3 is 11.9 Å². The number of esters is 2. The van der Waals surface area contributed by atoms with Crippen LogP contribution in [-0.4, -0.2) is 36.6 Å². The van der Waals surface area contributed by atoms with Gasteiger partial charge in [0.15, 0.2) is 5.78 Å². The maximum absolute atomic E-state index is 12.7. The molecule has 0 aromatic carbocycles. The summed E-state index contributed by atoms with van der Waals surface area (Å²) < 4.78 is 10.1. The Bertz CT molecular complexity index is 535. The minimum Gasteiger partial charge on any atom is -0.465 e. The number of ether oxygens (including phenoxy) is 2. The van der Waals surface area contributed by atoms with Crippen molar-refractivity contribution in [3.05, 3.63) is 11.3 Å². The van der Waals surface area contributed by atoms with Crippen LogP contribution in [-0.2, 0) is 28.7 Å². The fraction of sp³-hybridized carbons (Fsp3) is 0.625. The molecule has 0 saturated heterocycles. The Morgan fingerprint density at radius 1 is 1.22 bits per heavy atom. The van der Waals surface area contributed by atoms with E-state index >= 15 is 0 Å². The van der Waals surface area contributed by atoms with Crippen LogP contribution in [0.15, 0.2) is 16.5 Å². The lowest BCUT2D eigenvalue weighted by Gasteiger charge is -2.24. The molecule has 0 saturated carbocycles. The minimum atomic E-state index is -0.900. The summed E-state index contributed by atoms with van der Waals surface area (Å²) in [5, 5.41) is 3.93. The zero-order valence-corrected chi connectivity index (χ0v) is 14.0. The normalized spacial score (nSPS) is 18.7. The number of oxime groups is 1. The summed E-state index contributed by atoms with van der Waals surface area (Å²) in [5.41, 5.74) is 0.516. The van der Waals surface area contributed by atoms with Crippen molar-refractivity contribution in [1.29, 1.82) is 0 Å². The molecule has 1 aliphatic carbocycles. The van der Waals surface area contributed by atoms with Gasteiger partial charge in [0.1, 0.15) is 18.3 Å². The second-order valence-electron chi connectivity index (χ2n) is 4.91. The van der Waals surface area contributed by atoms with Gasteiger partial charge in [-0.05, 0) is 26.7 Å². The standard InChI is InChI=1S/C16H23NO6/c1-5-12(17-22-7-3)14-13(23-10(4)18)9-8-11(15(14)19)16(20)21-6-2/h11H,5-9H2,1-4H3. The highest BCUT2D eigenvalue weighted by atomic mass is 16.6. The number of allylic oxidation sites excluding steroid dienone is 2. The first-order chi connectivity index (χ1) is 11.0. The molecule has 0 amide bonds. The average Bonchev–Trinajstić information content (AvgIpc) is 2.49. The molecule has 1 rings (SSSR count). The molecule has 1 unspecified atom stereocenters. The van der Waals surface area contributed by atoms with E-state index in [0.717, 1.165) is 0 Å². The summed E-state index contributed by atoms with van der Waals surface area (Å²) in [4.78, 5) is 41.0. The second-order valence-corrected chi connectivity index (χ2v) is 4.91. The van der Waals surface area contributed by atoms with Crippen LogP contribution in [0.1, 0.15) is 47.0 Å². The molecule has 7 nitrogen and oxygen atoms in total. The van der Waals surface area contributed by atoms with E-state index in [1.807, 2.05) is 0 Å². The van der Waals surface area contributed by atoms with Gasteiger partial charge in [0, 0.05) is 13.3 Å². The molecule has 0 aromatic heterocycles. The summed E-state index contributed by atoms with van der Waals surface area (Å²) >= 11 is 0. The second kappa shape index (κ2) is 9.07. The predicted octanol–water partition coefficient (Wildman–Crippen LogP) is 2.15. The molecule has 0 aliphatic heterocycles. The van der Waals surface area contributed by atoms with Gasteiger partial charge in [0.25, 0.3) is 0 Å². The third kappa shape index (κ3) is 4.91. The molecule has 7 heteroatoms. The molecule has 0 radical (unpaired) electrons. The molecular formula is C16H23NO6. The van der Waals surface area contributed by atoms with Gasteiger partial charge < -0.3 is 14.3 Å². The van der Waals surface area contributed by atoms with Crippen LogP contribution in [0, 0.1) is 5.92 Å². The smallest absolute Gasteiger partial charge is 0.316 e. The Morgan fingerprint density at radius 2 is 1.91 bits per heavy atom. The van der Waals surface area contributed by atoms with E-state index in [1.54, 1.807) is 20.8 Å². The summed E-state index contributed by atoms with van der Waals surface area (Å²) in [6.07, 6.45) is 0.937. The monoisotopic (exact) mass is 325 g/mol. The number of hydrogen-bond acceptors (Lipinski definition) is 7. The molecule has 0 fully saturated rings. The highest BCUT2D eigenvalue weighted by molar-refractivity contribution is 6.27. The van der Waals surface area contributed by atoms with Crippen molar-refractivity contribution in [3.8, 4) is 0 Å². The number of carbonyl (C=O) groups excluding carboxylic acids is 3. The number of nitrogens with zero attached hydrogens (tertiary/aromatic N) is 1. The van der Waals surface area contributed by atoms with E-state index in [9.17, 15) is 14.4 Å². The fourth-order valence-corrected chi connectivity index (χ4v) is 2.32. The van der Waals surface area contributed by atoms with Gasteiger partial charge in [-0.3, -0.25) is 14.4 Å². The maximum Gasteiger partial charge on any atom is 0.316 e. The van der Waals surface area contributed by atoms with Crippen LogP contribution in [0.5, 0.6) is 0 Å². The van der Waals surface area contributed by atoms with Gasteiger partial charge in [-0.1, -0.05) is 12.1 Å². The van der Waals surface area contributed by atoms with Crippen LogP contribution in [0.25, 0.3) is 0 Å². The molecule has 0 N–H and O–H groups in total. The fourth-order valence-electron chi connectivity index (χ4n) is 2.32. The van der Waals surface area contributed by atoms with E-state index in [2.05, 4.69) is 5.16 Å². The van der Waals surface area contributed by atoms with Crippen molar-refractivity contribution in [3.63, 3.8) is 0 Å². The topological polar surface area (TPSA) is 91.3 Å². The van der Waals surface area contributed by atoms with Crippen LogP contribution >= 0.6 is 0 Å². The SMILES string of the molecule is CCON=C(CC)C1=C(OC(C)=O)CCC(C(=O)OCC)C1=O. The molecule has 0 aromatic rings. The minimum absolute atomic E-state index is 0.153. The molecule has 0 bridgehead atoms. The largest absolute Gasteiger partial charge is 0.465 e. The van der Waals surface area contributed by atoms with Crippen molar-refractivity contribution in [2.45, 2.75) is 47.0 Å². The lowest BCUT2D eigenvalue weighted by Crippen LogP contribution is -2.34. The number of Topliss-reactive ketones (excluding diaryl/α,β-unsaturated/α-hetero) is 1. The Balaban J connectivity index is 3.24. The summed E-state index contributed by atoms with van der Waals surface area (Å²) in [7, 11) is 0. The third-order valence-corrected chi connectivity index (χ3v) is 3.27. The Morgan fingerprint density at radius 3 is 2.43 bits per heavy atom. The molecule has 1 aliphatic rings. The Kier molecular flexibility index (Phi) is 7.44. The number of hydrogen-bond donors (Lipinski definition) is 0. The highest BCUT2D eigenvalue weighted by Gasteiger charge is 2.38. The van der Waals surface area contributed by atoms with Crippen molar-refractivity contribution in [2.24, 2.45) is 11.1 Å². The van der Waals surface area contributed by atoms with E-state index in [0.29, 0.717) is 18.7 Å². The Labute approximate surface area is 135 Å². The first-order valence-electron chi connectivity index (χ1n) is 7.77. The Hall–Kier alpha value is -2.18. The first-order valence-corrected chi connectivity index (χ1v) is 7.77. The van der Waals surface area contributed by atoms with Gasteiger partial charge in [-0.15, -0.1) is 0 Å². The molecular weight excluding hydrogens is 302 g/mol. The van der Waals surface area contributed by atoms with Crippen LogP contribution in [0.3, 0.4) is 0 Å². The summed E-state index contributed by atoms with van der Waals surface area (Å²) in [5.74, 6) is -2.19.